The Morgan fingerprint density at radius 2 is 2.13 bits per heavy atom. The van der Waals surface area contributed by atoms with Gasteiger partial charge in [0.15, 0.2) is 0 Å². The van der Waals surface area contributed by atoms with Crippen LogP contribution in [0.2, 0.25) is 0 Å². The second-order valence-electron chi connectivity index (χ2n) is 3.15. The molecule has 4 heteroatoms. The molecule has 1 aromatic rings. The zero-order valence-electron chi connectivity index (χ0n) is 8.40. The van der Waals surface area contributed by atoms with Gasteiger partial charge >= 0.3 is 0 Å². The molecule has 2 rings (SSSR count). The first-order valence-corrected chi connectivity index (χ1v) is 7.16. The number of aliphatic imine (C=N–C) groups is 1. The Balaban J connectivity index is 2.44. The van der Waals surface area contributed by atoms with Crippen molar-refractivity contribution >= 4 is 50.7 Å². The second kappa shape index (κ2) is 5.14. The Bertz CT molecular complexity index is 412. The number of hydrogen-bond acceptors (Lipinski definition) is 4. The molecule has 0 saturated heterocycles. The SMILES string of the molecule is CS/C1=N/c2ccccc2SC(=S)CC1. The first-order valence-electron chi connectivity index (χ1n) is 4.71. The van der Waals surface area contributed by atoms with Gasteiger partial charge in [0.2, 0.25) is 0 Å². The molecule has 15 heavy (non-hydrogen) atoms. The molecule has 1 nitrogen and oxygen atoms in total. The number of nitrogens with zero attached hydrogens (tertiary/aromatic N) is 1. The van der Waals surface area contributed by atoms with Crippen LogP contribution in [0.15, 0.2) is 34.2 Å². The van der Waals surface area contributed by atoms with E-state index in [4.69, 9.17) is 12.2 Å². The summed E-state index contributed by atoms with van der Waals surface area (Å²) in [6.45, 7) is 0. The molecule has 1 aliphatic rings. The summed E-state index contributed by atoms with van der Waals surface area (Å²) in [4.78, 5) is 5.83. The van der Waals surface area contributed by atoms with Gasteiger partial charge in [0.25, 0.3) is 0 Å². The van der Waals surface area contributed by atoms with Crippen LogP contribution in [0.5, 0.6) is 0 Å². The molecular weight excluding hydrogens is 242 g/mol. The molecule has 0 atom stereocenters. The molecule has 78 valence electrons. The lowest BCUT2D eigenvalue weighted by molar-refractivity contribution is 1.18. The van der Waals surface area contributed by atoms with Crippen molar-refractivity contribution in [1.29, 1.82) is 0 Å². The highest BCUT2D eigenvalue weighted by atomic mass is 32.2. The normalized spacial score (nSPS) is 19.8. The molecule has 0 aromatic heterocycles. The molecule has 1 aromatic carbocycles. The van der Waals surface area contributed by atoms with Crippen LogP contribution in [0, 0.1) is 0 Å². The lowest BCUT2D eigenvalue weighted by atomic mass is 10.3. The van der Waals surface area contributed by atoms with Crippen molar-refractivity contribution in [3.05, 3.63) is 24.3 Å². The number of fused-ring (bicyclic) bond motifs is 1. The highest BCUT2D eigenvalue weighted by Gasteiger charge is 2.11. The predicted molar refractivity (Wildman–Crippen MR) is 74.7 cm³/mol. The first kappa shape index (κ1) is 11.2. The molecule has 0 N–H and O–H groups in total. The fourth-order valence-corrected chi connectivity index (χ4v) is 3.04. The van der Waals surface area contributed by atoms with E-state index in [-0.39, 0.29) is 0 Å². The van der Waals surface area contributed by atoms with Gasteiger partial charge in [0.1, 0.15) is 0 Å². The maximum atomic E-state index is 5.33. The average molecular weight is 253 g/mol. The molecule has 0 radical (unpaired) electrons. The van der Waals surface area contributed by atoms with Gasteiger partial charge in [-0.25, -0.2) is 4.99 Å². The number of rotatable bonds is 0. The molecule has 0 unspecified atom stereocenters. The minimum Gasteiger partial charge on any atom is -0.245 e. The number of thiocarbonyl (C=S) groups is 1. The van der Waals surface area contributed by atoms with E-state index >= 15 is 0 Å². The van der Waals surface area contributed by atoms with E-state index in [2.05, 4.69) is 17.3 Å². The third-order valence-electron chi connectivity index (χ3n) is 2.11. The largest absolute Gasteiger partial charge is 0.245 e. The number of thioether (sulfide) groups is 2. The Kier molecular flexibility index (Phi) is 3.83. The lowest BCUT2D eigenvalue weighted by Crippen LogP contribution is -1.99. The molecule has 0 amide bonds. The fourth-order valence-electron chi connectivity index (χ4n) is 1.36. The van der Waals surface area contributed by atoms with Crippen LogP contribution in [-0.2, 0) is 0 Å². The van der Waals surface area contributed by atoms with E-state index < -0.39 is 0 Å². The van der Waals surface area contributed by atoms with Crippen molar-refractivity contribution in [1.82, 2.24) is 0 Å². The highest BCUT2D eigenvalue weighted by Crippen LogP contribution is 2.34. The Morgan fingerprint density at radius 3 is 2.93 bits per heavy atom. The van der Waals surface area contributed by atoms with E-state index in [0.717, 1.165) is 22.7 Å². The van der Waals surface area contributed by atoms with Crippen molar-refractivity contribution in [2.24, 2.45) is 4.99 Å². The second-order valence-corrected chi connectivity index (χ2v) is 5.92. The van der Waals surface area contributed by atoms with E-state index in [1.807, 2.05) is 18.2 Å². The lowest BCUT2D eigenvalue weighted by Gasteiger charge is -2.12. The molecule has 0 fully saturated rings. The van der Waals surface area contributed by atoms with Gasteiger partial charge in [-0.2, -0.15) is 0 Å². The predicted octanol–water partition coefficient (Wildman–Crippen LogP) is 4.29. The van der Waals surface area contributed by atoms with E-state index in [9.17, 15) is 0 Å². The smallest absolute Gasteiger partial charge is 0.0778 e. The van der Waals surface area contributed by atoms with Crippen molar-refractivity contribution in [2.45, 2.75) is 17.7 Å². The van der Waals surface area contributed by atoms with Gasteiger partial charge in [-0.15, -0.1) is 11.8 Å². The maximum Gasteiger partial charge on any atom is 0.0778 e. The van der Waals surface area contributed by atoms with Gasteiger partial charge in [0, 0.05) is 11.3 Å². The van der Waals surface area contributed by atoms with Gasteiger partial charge in [-0.05, 0) is 24.8 Å². The number of hydrogen-bond donors (Lipinski definition) is 0. The van der Waals surface area contributed by atoms with Crippen molar-refractivity contribution in [2.75, 3.05) is 6.26 Å². The van der Waals surface area contributed by atoms with Crippen LogP contribution < -0.4 is 0 Å². The standard InChI is InChI=1S/C11H11NS3/c1-14-10-6-7-11(13)15-9-5-3-2-4-8(9)12-10/h2-5H,6-7H2,1H3/b12-10+. The Labute approximate surface area is 104 Å². The summed E-state index contributed by atoms with van der Waals surface area (Å²) in [5.74, 6) is 0. The summed E-state index contributed by atoms with van der Waals surface area (Å²) in [5.41, 5.74) is 1.05. The molecule has 1 heterocycles. The third-order valence-corrected chi connectivity index (χ3v) is 4.33. The monoisotopic (exact) mass is 253 g/mol. The summed E-state index contributed by atoms with van der Waals surface area (Å²) >= 11 is 8.72. The highest BCUT2D eigenvalue weighted by molar-refractivity contribution is 8.23. The van der Waals surface area contributed by atoms with Gasteiger partial charge < -0.3 is 0 Å². The van der Waals surface area contributed by atoms with E-state index in [0.29, 0.717) is 0 Å². The van der Waals surface area contributed by atoms with Crippen molar-refractivity contribution in [3.63, 3.8) is 0 Å². The summed E-state index contributed by atoms with van der Waals surface area (Å²) in [7, 11) is 0. The Hall–Kier alpha value is -0.320. The minimum atomic E-state index is 0.952. The molecular formula is C11H11NS3. The first-order chi connectivity index (χ1) is 7.29. The van der Waals surface area contributed by atoms with Gasteiger partial charge in [0.05, 0.1) is 14.9 Å². The van der Waals surface area contributed by atoms with Crippen LogP contribution >= 0.6 is 35.7 Å². The summed E-state index contributed by atoms with van der Waals surface area (Å²) < 4.78 is 1.06. The van der Waals surface area contributed by atoms with Crippen LogP contribution in [0.1, 0.15) is 12.8 Å². The molecule has 0 spiro atoms. The average Bonchev–Trinajstić information content (AvgIpc) is 2.23. The molecule has 0 aliphatic carbocycles. The third kappa shape index (κ3) is 2.83. The molecule has 1 aliphatic heterocycles. The molecule has 0 bridgehead atoms. The topological polar surface area (TPSA) is 12.4 Å². The van der Waals surface area contributed by atoms with Crippen LogP contribution in [0.4, 0.5) is 5.69 Å². The van der Waals surface area contributed by atoms with Crippen molar-refractivity contribution in [3.8, 4) is 0 Å². The quantitative estimate of drug-likeness (QED) is 0.640. The number of benzene rings is 1. The summed E-state index contributed by atoms with van der Waals surface area (Å²) in [6.07, 6.45) is 3.99. The van der Waals surface area contributed by atoms with Crippen LogP contribution in [0.25, 0.3) is 0 Å². The van der Waals surface area contributed by atoms with E-state index in [1.54, 1.807) is 23.5 Å². The number of para-hydroxylation sites is 1. The zero-order valence-corrected chi connectivity index (χ0v) is 10.8. The van der Waals surface area contributed by atoms with Crippen LogP contribution in [0.3, 0.4) is 0 Å². The molecule has 0 saturated carbocycles. The van der Waals surface area contributed by atoms with E-state index in [1.165, 1.54) is 9.94 Å². The van der Waals surface area contributed by atoms with Crippen molar-refractivity contribution < 1.29 is 0 Å². The fraction of sp³-hybridized carbons (Fsp3) is 0.273. The Morgan fingerprint density at radius 1 is 1.33 bits per heavy atom. The van der Waals surface area contributed by atoms with Gasteiger partial charge in [-0.3, -0.25) is 0 Å². The van der Waals surface area contributed by atoms with Crippen LogP contribution in [-0.4, -0.2) is 15.5 Å². The zero-order chi connectivity index (χ0) is 10.7. The summed E-state index contributed by atoms with van der Waals surface area (Å²) in [5, 5.41) is 1.17. The summed E-state index contributed by atoms with van der Waals surface area (Å²) in [6, 6.07) is 8.18. The van der Waals surface area contributed by atoms with Gasteiger partial charge in [-0.1, -0.05) is 36.1 Å². The minimum absolute atomic E-state index is 0.952. The maximum absolute atomic E-state index is 5.33.